The van der Waals surface area contributed by atoms with Gasteiger partial charge in [0.1, 0.15) is 5.75 Å². The second-order valence-corrected chi connectivity index (χ2v) is 6.79. The van der Waals surface area contributed by atoms with Gasteiger partial charge in [-0.15, -0.1) is 0 Å². The molecule has 0 spiro atoms. The summed E-state index contributed by atoms with van der Waals surface area (Å²) in [6.45, 7) is 4.44. The fourth-order valence-electron chi connectivity index (χ4n) is 2.79. The number of rotatable bonds is 12. The Balaban J connectivity index is 1.88. The lowest BCUT2D eigenvalue weighted by molar-refractivity contribution is -0.384. The molecule has 162 valence electrons. The molecule has 0 heterocycles. The molecule has 0 aromatic heterocycles. The van der Waals surface area contributed by atoms with Gasteiger partial charge in [0.15, 0.2) is 18.1 Å². The van der Waals surface area contributed by atoms with Crippen LogP contribution < -0.4 is 19.5 Å². The molecule has 8 nitrogen and oxygen atoms in total. The fourth-order valence-corrected chi connectivity index (χ4v) is 2.79. The molecule has 1 unspecified atom stereocenters. The smallest absolute Gasteiger partial charge is 0.269 e. The van der Waals surface area contributed by atoms with Gasteiger partial charge in [-0.2, -0.15) is 0 Å². The highest BCUT2D eigenvalue weighted by molar-refractivity contribution is 5.78. The van der Waals surface area contributed by atoms with E-state index in [9.17, 15) is 14.9 Å². The highest BCUT2D eigenvalue weighted by atomic mass is 16.6. The Morgan fingerprint density at radius 3 is 2.47 bits per heavy atom. The summed E-state index contributed by atoms with van der Waals surface area (Å²) in [5.41, 5.74) is 0.837. The number of non-ortho nitro benzene ring substituents is 1. The molecule has 8 heteroatoms. The molecule has 2 aromatic carbocycles. The number of carbonyl (C=O) groups is 1. The average molecular weight is 416 g/mol. The predicted molar refractivity (Wildman–Crippen MR) is 113 cm³/mol. The summed E-state index contributed by atoms with van der Waals surface area (Å²) in [5.74, 6) is 1.37. The average Bonchev–Trinajstić information content (AvgIpc) is 2.75. The van der Waals surface area contributed by atoms with Gasteiger partial charge in [-0.1, -0.05) is 25.8 Å². The fraction of sp³-hybridized carbons (Fsp3) is 0.409. The zero-order valence-corrected chi connectivity index (χ0v) is 17.6. The first-order valence-corrected chi connectivity index (χ1v) is 9.92. The van der Waals surface area contributed by atoms with Crippen molar-refractivity contribution in [1.82, 2.24) is 5.32 Å². The minimum absolute atomic E-state index is 0.0350. The Labute approximate surface area is 176 Å². The van der Waals surface area contributed by atoms with Gasteiger partial charge in [-0.3, -0.25) is 14.9 Å². The maximum absolute atomic E-state index is 12.2. The van der Waals surface area contributed by atoms with Crippen molar-refractivity contribution in [2.75, 3.05) is 20.3 Å². The molecular weight excluding hydrogens is 388 g/mol. The van der Waals surface area contributed by atoms with E-state index in [0.717, 1.165) is 24.8 Å². The lowest BCUT2D eigenvalue weighted by Crippen LogP contribution is -2.31. The van der Waals surface area contributed by atoms with Gasteiger partial charge < -0.3 is 19.5 Å². The number of methoxy groups -OCH3 is 1. The van der Waals surface area contributed by atoms with E-state index < -0.39 is 4.92 Å². The Hall–Kier alpha value is -3.29. The molecule has 2 aromatic rings. The van der Waals surface area contributed by atoms with Gasteiger partial charge in [0.05, 0.1) is 24.7 Å². The number of hydrogen-bond acceptors (Lipinski definition) is 6. The molecule has 0 saturated heterocycles. The second-order valence-electron chi connectivity index (χ2n) is 6.79. The van der Waals surface area contributed by atoms with Gasteiger partial charge in [0.2, 0.25) is 0 Å². The van der Waals surface area contributed by atoms with E-state index in [1.807, 2.05) is 25.1 Å². The molecule has 0 aliphatic heterocycles. The number of nitro benzene ring substituents is 1. The van der Waals surface area contributed by atoms with Crippen molar-refractivity contribution < 1.29 is 23.9 Å². The number of carbonyl (C=O) groups excluding carboxylic acids is 1. The van der Waals surface area contributed by atoms with Crippen molar-refractivity contribution in [3.8, 4) is 17.2 Å². The monoisotopic (exact) mass is 416 g/mol. The van der Waals surface area contributed by atoms with Crippen LogP contribution in [0.2, 0.25) is 0 Å². The van der Waals surface area contributed by atoms with Crippen molar-refractivity contribution >= 4 is 11.6 Å². The topological polar surface area (TPSA) is 99.9 Å². The Morgan fingerprint density at radius 2 is 1.83 bits per heavy atom. The van der Waals surface area contributed by atoms with Gasteiger partial charge in [-0.25, -0.2) is 0 Å². The van der Waals surface area contributed by atoms with Crippen LogP contribution in [0.25, 0.3) is 0 Å². The molecule has 0 fully saturated rings. The van der Waals surface area contributed by atoms with Crippen LogP contribution in [0.1, 0.15) is 44.7 Å². The van der Waals surface area contributed by atoms with E-state index in [-0.39, 0.29) is 24.2 Å². The third-order valence-electron chi connectivity index (χ3n) is 4.49. The van der Waals surface area contributed by atoms with E-state index in [0.29, 0.717) is 23.9 Å². The summed E-state index contributed by atoms with van der Waals surface area (Å²) in [6, 6.07) is 10.9. The number of benzene rings is 2. The second kappa shape index (κ2) is 11.6. The molecule has 1 amide bonds. The Bertz CT molecular complexity index is 838. The number of nitrogens with one attached hydrogen (secondary N) is 1. The molecule has 2 rings (SSSR count). The largest absolute Gasteiger partial charge is 0.493 e. The molecule has 1 N–H and O–H groups in total. The van der Waals surface area contributed by atoms with Gasteiger partial charge in [-0.05, 0) is 43.2 Å². The van der Waals surface area contributed by atoms with Crippen LogP contribution in [-0.2, 0) is 4.79 Å². The van der Waals surface area contributed by atoms with Crippen molar-refractivity contribution in [3.63, 3.8) is 0 Å². The normalized spacial score (nSPS) is 11.4. The van der Waals surface area contributed by atoms with Crippen LogP contribution in [0.15, 0.2) is 42.5 Å². The SMILES string of the molecule is CCCCCOc1ccc(C(C)NC(=O)COc2ccc([N+](=O)[O-])cc2)cc1OC. The summed E-state index contributed by atoms with van der Waals surface area (Å²) in [4.78, 5) is 22.4. The number of amides is 1. The number of nitro groups is 1. The van der Waals surface area contributed by atoms with Crippen LogP contribution in [0.4, 0.5) is 5.69 Å². The molecule has 0 aliphatic carbocycles. The van der Waals surface area contributed by atoms with Crippen molar-refractivity contribution in [1.29, 1.82) is 0 Å². The van der Waals surface area contributed by atoms with Gasteiger partial charge >= 0.3 is 0 Å². The molecule has 0 saturated carbocycles. The summed E-state index contributed by atoms with van der Waals surface area (Å²) in [6.07, 6.45) is 3.23. The van der Waals surface area contributed by atoms with E-state index in [1.165, 1.54) is 24.3 Å². The van der Waals surface area contributed by atoms with E-state index >= 15 is 0 Å². The van der Waals surface area contributed by atoms with Crippen LogP contribution in [0, 0.1) is 10.1 Å². The van der Waals surface area contributed by atoms with E-state index in [4.69, 9.17) is 14.2 Å². The Kier molecular flexibility index (Phi) is 8.93. The van der Waals surface area contributed by atoms with Crippen LogP contribution in [0.5, 0.6) is 17.2 Å². The standard InChI is InChI=1S/C22H28N2O6/c1-4-5-6-13-29-20-12-7-17(14-21(20)28-3)16(2)23-22(25)15-30-19-10-8-18(9-11-19)24(26)27/h7-12,14,16H,4-6,13,15H2,1-3H3,(H,23,25). The van der Waals surface area contributed by atoms with Crippen molar-refractivity contribution in [2.24, 2.45) is 0 Å². The van der Waals surface area contributed by atoms with Crippen molar-refractivity contribution in [2.45, 2.75) is 39.2 Å². The van der Waals surface area contributed by atoms with Gasteiger partial charge in [0.25, 0.3) is 11.6 Å². The summed E-state index contributed by atoms with van der Waals surface area (Å²) in [7, 11) is 1.58. The maximum atomic E-state index is 12.2. The highest BCUT2D eigenvalue weighted by Gasteiger charge is 2.14. The third-order valence-corrected chi connectivity index (χ3v) is 4.49. The Morgan fingerprint density at radius 1 is 1.10 bits per heavy atom. The predicted octanol–water partition coefficient (Wildman–Crippen LogP) is 4.43. The molecule has 0 aliphatic rings. The number of ether oxygens (including phenoxy) is 3. The van der Waals surface area contributed by atoms with Crippen LogP contribution >= 0.6 is 0 Å². The summed E-state index contributed by atoms with van der Waals surface area (Å²) in [5, 5.41) is 13.5. The zero-order chi connectivity index (χ0) is 21.9. The van der Waals surface area contributed by atoms with Gasteiger partial charge in [0, 0.05) is 12.1 Å². The van der Waals surface area contributed by atoms with E-state index in [1.54, 1.807) is 7.11 Å². The first-order chi connectivity index (χ1) is 14.4. The molecule has 30 heavy (non-hydrogen) atoms. The molecular formula is C22H28N2O6. The lowest BCUT2D eigenvalue weighted by atomic mass is 10.1. The summed E-state index contributed by atoms with van der Waals surface area (Å²) < 4.78 is 16.6. The van der Waals surface area contributed by atoms with E-state index in [2.05, 4.69) is 12.2 Å². The lowest BCUT2D eigenvalue weighted by Gasteiger charge is -2.17. The van der Waals surface area contributed by atoms with Crippen LogP contribution in [-0.4, -0.2) is 31.2 Å². The quantitative estimate of drug-likeness (QED) is 0.312. The molecule has 1 atom stereocenters. The van der Waals surface area contributed by atoms with Crippen LogP contribution in [0.3, 0.4) is 0 Å². The first kappa shape index (κ1) is 23.0. The number of nitrogens with zero attached hydrogens (tertiary/aromatic N) is 1. The third kappa shape index (κ3) is 6.95. The first-order valence-electron chi connectivity index (χ1n) is 9.92. The number of hydrogen-bond donors (Lipinski definition) is 1. The maximum Gasteiger partial charge on any atom is 0.269 e. The zero-order valence-electron chi connectivity index (χ0n) is 17.6. The molecule has 0 bridgehead atoms. The summed E-state index contributed by atoms with van der Waals surface area (Å²) >= 11 is 0. The minimum Gasteiger partial charge on any atom is -0.493 e. The molecule has 0 radical (unpaired) electrons. The highest BCUT2D eigenvalue weighted by Crippen LogP contribution is 2.30. The van der Waals surface area contributed by atoms with Crippen molar-refractivity contribution in [3.05, 3.63) is 58.1 Å². The minimum atomic E-state index is -0.492. The number of unbranched alkanes of at least 4 members (excludes halogenated alkanes) is 2.